The molecule has 1 aliphatic heterocycles. The number of hydrogen-bond acceptors (Lipinski definition) is 5. The number of esters is 1. The summed E-state index contributed by atoms with van der Waals surface area (Å²) in [5.41, 5.74) is 0.683. The first-order valence-electron chi connectivity index (χ1n) is 11.6. The van der Waals surface area contributed by atoms with Crippen LogP contribution in [0.2, 0.25) is 0 Å². The molecule has 0 aromatic heterocycles. The van der Waals surface area contributed by atoms with Crippen LogP contribution in [0.4, 0.5) is 0 Å². The summed E-state index contributed by atoms with van der Waals surface area (Å²) in [4.78, 5) is 13.1. The standard InChI is InChI=1S/C29H27N2O3P/c1-2-33-29(32)27-21-23(22-30)13-12-20-34-28(27)31-35(24-14-6-3-7-15-24,25-16-8-4-9-17-25)26-18-10-5-11-19-26/h3-11,14-19,21H,2,12-13,20H2,1H3/b23-21+,28-27+. The molecular formula is C29H27N2O3P. The third-order valence-electron chi connectivity index (χ3n) is 5.65. The zero-order valence-electron chi connectivity index (χ0n) is 19.6. The minimum absolute atomic E-state index is 0.176. The second kappa shape index (κ2) is 11.5. The van der Waals surface area contributed by atoms with Gasteiger partial charge < -0.3 is 9.47 Å². The van der Waals surface area contributed by atoms with Crippen LogP contribution in [0.25, 0.3) is 0 Å². The van der Waals surface area contributed by atoms with Gasteiger partial charge in [0.1, 0.15) is 5.57 Å². The van der Waals surface area contributed by atoms with E-state index in [9.17, 15) is 10.1 Å². The average molecular weight is 483 g/mol. The summed E-state index contributed by atoms with van der Waals surface area (Å²) in [6.07, 6.45) is 2.76. The predicted octanol–water partition coefficient (Wildman–Crippen LogP) is 5.20. The fourth-order valence-electron chi connectivity index (χ4n) is 4.03. The smallest absolute Gasteiger partial charge is 0.343 e. The summed E-state index contributed by atoms with van der Waals surface area (Å²) >= 11 is 0. The van der Waals surface area contributed by atoms with Gasteiger partial charge in [-0.2, -0.15) is 5.26 Å². The van der Waals surface area contributed by atoms with Crippen molar-refractivity contribution in [2.24, 2.45) is 4.74 Å². The molecule has 0 radical (unpaired) electrons. The predicted molar refractivity (Wildman–Crippen MR) is 140 cm³/mol. The van der Waals surface area contributed by atoms with Crippen molar-refractivity contribution in [3.05, 3.63) is 114 Å². The molecule has 0 bridgehead atoms. The van der Waals surface area contributed by atoms with Crippen molar-refractivity contribution in [2.75, 3.05) is 13.2 Å². The number of benzene rings is 3. The lowest BCUT2D eigenvalue weighted by Crippen LogP contribution is -2.26. The van der Waals surface area contributed by atoms with E-state index in [0.29, 0.717) is 25.0 Å². The van der Waals surface area contributed by atoms with Gasteiger partial charge in [0.05, 0.1) is 26.3 Å². The molecule has 5 nitrogen and oxygen atoms in total. The van der Waals surface area contributed by atoms with E-state index in [0.717, 1.165) is 15.9 Å². The molecule has 0 fully saturated rings. The van der Waals surface area contributed by atoms with E-state index >= 15 is 0 Å². The largest absolute Gasteiger partial charge is 0.477 e. The zero-order valence-corrected chi connectivity index (χ0v) is 20.5. The Labute approximate surface area is 206 Å². The van der Waals surface area contributed by atoms with Crippen LogP contribution >= 0.6 is 7.05 Å². The molecule has 6 heteroatoms. The van der Waals surface area contributed by atoms with E-state index in [-0.39, 0.29) is 18.1 Å². The second-order valence-electron chi connectivity index (χ2n) is 7.91. The van der Waals surface area contributed by atoms with Crippen molar-refractivity contribution in [1.29, 1.82) is 5.26 Å². The number of ether oxygens (including phenoxy) is 2. The first-order valence-corrected chi connectivity index (χ1v) is 13.4. The fourth-order valence-corrected chi connectivity index (χ4v) is 7.52. The number of allylic oxidation sites excluding steroid dienone is 1. The Balaban J connectivity index is 2.15. The van der Waals surface area contributed by atoms with Crippen LogP contribution < -0.4 is 15.9 Å². The molecule has 0 amide bonds. The molecule has 0 aliphatic carbocycles. The quantitative estimate of drug-likeness (QED) is 0.358. The van der Waals surface area contributed by atoms with Gasteiger partial charge in [-0.3, -0.25) is 0 Å². The van der Waals surface area contributed by atoms with Crippen molar-refractivity contribution >= 4 is 28.9 Å². The highest BCUT2D eigenvalue weighted by atomic mass is 31.2. The van der Waals surface area contributed by atoms with Gasteiger partial charge in [-0.1, -0.05) is 91.0 Å². The molecule has 0 saturated heterocycles. The number of nitrogens with zero attached hydrogens (tertiary/aromatic N) is 2. The molecule has 0 atom stereocenters. The van der Waals surface area contributed by atoms with E-state index < -0.39 is 13.0 Å². The molecular weight excluding hydrogens is 455 g/mol. The van der Waals surface area contributed by atoms with E-state index in [2.05, 4.69) is 42.5 Å². The molecule has 0 saturated carbocycles. The average Bonchev–Trinajstić information content (AvgIpc) is 2.90. The summed E-state index contributed by atoms with van der Waals surface area (Å²) in [6.45, 7) is 2.31. The molecule has 3 aromatic carbocycles. The van der Waals surface area contributed by atoms with Crippen LogP contribution in [-0.4, -0.2) is 19.2 Å². The number of rotatable bonds is 6. The molecule has 35 heavy (non-hydrogen) atoms. The van der Waals surface area contributed by atoms with Gasteiger partial charge in [0.15, 0.2) is 0 Å². The van der Waals surface area contributed by atoms with Gasteiger partial charge >= 0.3 is 5.97 Å². The highest BCUT2D eigenvalue weighted by Gasteiger charge is 2.30. The van der Waals surface area contributed by atoms with Crippen molar-refractivity contribution in [1.82, 2.24) is 0 Å². The van der Waals surface area contributed by atoms with Gasteiger partial charge in [0.2, 0.25) is 5.88 Å². The molecule has 3 aromatic rings. The number of nitriles is 1. The molecule has 176 valence electrons. The van der Waals surface area contributed by atoms with Gasteiger partial charge in [0.25, 0.3) is 0 Å². The summed E-state index contributed by atoms with van der Waals surface area (Å²) in [5.74, 6) is -0.339. The molecule has 1 heterocycles. The maximum Gasteiger partial charge on any atom is 0.343 e. The number of carbonyl (C=O) groups excluding carboxylic acids is 1. The summed E-state index contributed by atoms with van der Waals surface area (Å²) in [5, 5.41) is 12.7. The lowest BCUT2D eigenvalue weighted by atomic mass is 10.1. The molecule has 0 unspecified atom stereocenters. The van der Waals surface area contributed by atoms with Gasteiger partial charge in [0, 0.05) is 21.5 Å². The minimum Gasteiger partial charge on any atom is -0.477 e. The van der Waals surface area contributed by atoms with E-state index in [1.165, 1.54) is 0 Å². The lowest BCUT2D eigenvalue weighted by Gasteiger charge is -2.28. The zero-order chi connectivity index (χ0) is 24.5. The van der Waals surface area contributed by atoms with Crippen molar-refractivity contribution in [3.8, 4) is 6.07 Å². The van der Waals surface area contributed by atoms with Crippen molar-refractivity contribution in [2.45, 2.75) is 19.8 Å². The third kappa shape index (κ3) is 5.29. The van der Waals surface area contributed by atoms with Crippen LogP contribution in [0.15, 0.2) is 119 Å². The molecule has 1 aliphatic rings. The Hall–Kier alpha value is -3.87. The van der Waals surface area contributed by atoms with E-state index in [1.54, 1.807) is 13.0 Å². The van der Waals surface area contributed by atoms with Gasteiger partial charge in [-0.25, -0.2) is 9.54 Å². The number of carbonyl (C=O) groups is 1. The van der Waals surface area contributed by atoms with E-state index in [1.807, 2.05) is 54.6 Å². The minimum atomic E-state index is -2.66. The van der Waals surface area contributed by atoms with Crippen LogP contribution in [0.1, 0.15) is 19.8 Å². The first kappa shape index (κ1) is 24.3. The fraction of sp³-hybridized carbons (Fsp3) is 0.172. The topological polar surface area (TPSA) is 71.7 Å². The Morgan fingerprint density at radius 3 is 1.91 bits per heavy atom. The van der Waals surface area contributed by atoms with Crippen molar-refractivity contribution in [3.63, 3.8) is 0 Å². The summed E-state index contributed by atoms with van der Waals surface area (Å²) < 4.78 is 16.9. The Bertz CT molecular complexity index is 1220. The lowest BCUT2D eigenvalue weighted by molar-refractivity contribution is -0.138. The molecule has 4 rings (SSSR count). The first-order chi connectivity index (χ1) is 17.2. The maximum atomic E-state index is 13.1. The van der Waals surface area contributed by atoms with E-state index in [4.69, 9.17) is 14.2 Å². The summed E-state index contributed by atoms with van der Waals surface area (Å²) in [6, 6.07) is 32.6. The third-order valence-corrected chi connectivity index (χ3v) is 9.27. The molecule has 0 spiro atoms. The van der Waals surface area contributed by atoms with Crippen LogP contribution in [0.5, 0.6) is 0 Å². The second-order valence-corrected chi connectivity index (χ2v) is 10.9. The normalized spacial score (nSPS) is 17.5. The summed E-state index contributed by atoms with van der Waals surface area (Å²) in [7, 11) is -2.66. The maximum absolute atomic E-state index is 13.1. The Kier molecular flexibility index (Phi) is 7.98. The van der Waals surface area contributed by atoms with Crippen molar-refractivity contribution < 1.29 is 14.3 Å². The Morgan fingerprint density at radius 2 is 1.46 bits per heavy atom. The number of hydrogen-bond donors (Lipinski definition) is 0. The van der Waals surface area contributed by atoms with Gasteiger partial charge in [-0.15, -0.1) is 0 Å². The monoisotopic (exact) mass is 482 g/mol. The van der Waals surface area contributed by atoms with Crippen LogP contribution in [0.3, 0.4) is 0 Å². The highest BCUT2D eigenvalue weighted by Crippen LogP contribution is 2.48. The van der Waals surface area contributed by atoms with Gasteiger partial charge in [-0.05, 0) is 25.8 Å². The Morgan fingerprint density at radius 1 is 0.943 bits per heavy atom. The van der Waals surface area contributed by atoms with Crippen LogP contribution in [-0.2, 0) is 14.3 Å². The van der Waals surface area contributed by atoms with Crippen LogP contribution in [0, 0.1) is 11.3 Å². The highest BCUT2D eigenvalue weighted by molar-refractivity contribution is 7.87. The molecule has 0 N–H and O–H groups in total. The SMILES string of the molecule is CCOC(=O)C1=C(\N=P(c2ccccc2)(c2ccccc2)c2ccccc2)OCCC/C(C#N)=C\1.